The lowest BCUT2D eigenvalue weighted by atomic mass is 10.1. The van der Waals surface area contributed by atoms with Crippen LogP contribution in [0.2, 0.25) is 0 Å². The molecule has 0 atom stereocenters. The van der Waals surface area contributed by atoms with Crippen LogP contribution in [-0.2, 0) is 21.3 Å². The van der Waals surface area contributed by atoms with Crippen molar-refractivity contribution >= 4 is 26.8 Å². The van der Waals surface area contributed by atoms with Crippen molar-refractivity contribution in [2.24, 2.45) is 0 Å². The summed E-state index contributed by atoms with van der Waals surface area (Å²) in [5, 5.41) is 1.94. The third-order valence-corrected chi connectivity index (χ3v) is 7.34. The first-order valence-electron chi connectivity index (χ1n) is 9.86. The van der Waals surface area contributed by atoms with Crippen LogP contribution in [-0.4, -0.2) is 56.9 Å². The van der Waals surface area contributed by atoms with Gasteiger partial charge in [-0.25, -0.2) is 13.2 Å². The van der Waals surface area contributed by atoms with E-state index in [1.54, 1.807) is 22.5 Å². The SMILES string of the molecule is COC(=O)c1cccc(CN2CCN(S(=O)(=O)c3ccc4ccccc4c3)CC2)c1. The van der Waals surface area contributed by atoms with Crippen LogP contribution < -0.4 is 0 Å². The Morgan fingerprint density at radius 1 is 0.900 bits per heavy atom. The molecule has 1 aliphatic rings. The predicted molar refractivity (Wildman–Crippen MR) is 116 cm³/mol. The van der Waals surface area contributed by atoms with Gasteiger partial charge in [-0.1, -0.05) is 42.5 Å². The van der Waals surface area contributed by atoms with Crippen LogP contribution in [0.1, 0.15) is 15.9 Å². The normalized spacial score (nSPS) is 15.9. The van der Waals surface area contributed by atoms with Gasteiger partial charge in [0.05, 0.1) is 17.6 Å². The zero-order chi connectivity index (χ0) is 21.1. The summed E-state index contributed by atoms with van der Waals surface area (Å²) in [5.41, 5.74) is 1.52. The van der Waals surface area contributed by atoms with Gasteiger partial charge in [0.25, 0.3) is 0 Å². The van der Waals surface area contributed by atoms with Gasteiger partial charge in [0, 0.05) is 32.7 Å². The van der Waals surface area contributed by atoms with Crippen LogP contribution in [0.15, 0.2) is 71.6 Å². The van der Waals surface area contributed by atoms with Gasteiger partial charge in [-0.2, -0.15) is 4.31 Å². The summed E-state index contributed by atoms with van der Waals surface area (Å²) >= 11 is 0. The second-order valence-electron chi connectivity index (χ2n) is 7.38. The Hall–Kier alpha value is -2.74. The zero-order valence-corrected chi connectivity index (χ0v) is 17.6. The van der Waals surface area contributed by atoms with E-state index in [0.717, 1.165) is 16.3 Å². The number of piperazine rings is 1. The summed E-state index contributed by atoms with van der Waals surface area (Å²) in [6.07, 6.45) is 0. The first-order valence-corrected chi connectivity index (χ1v) is 11.3. The maximum atomic E-state index is 13.1. The molecule has 1 heterocycles. The van der Waals surface area contributed by atoms with Crippen LogP contribution in [0.25, 0.3) is 10.8 Å². The number of carbonyl (C=O) groups is 1. The molecule has 0 aromatic heterocycles. The van der Waals surface area contributed by atoms with E-state index in [0.29, 0.717) is 43.2 Å². The molecule has 0 saturated carbocycles. The third-order valence-electron chi connectivity index (χ3n) is 5.44. The highest BCUT2D eigenvalue weighted by Gasteiger charge is 2.28. The molecule has 0 bridgehead atoms. The lowest BCUT2D eigenvalue weighted by molar-refractivity contribution is 0.0600. The second-order valence-corrected chi connectivity index (χ2v) is 9.32. The molecule has 0 N–H and O–H groups in total. The highest BCUT2D eigenvalue weighted by atomic mass is 32.2. The van der Waals surface area contributed by atoms with E-state index in [-0.39, 0.29) is 5.97 Å². The van der Waals surface area contributed by atoms with Crippen LogP contribution >= 0.6 is 0 Å². The maximum Gasteiger partial charge on any atom is 0.337 e. The quantitative estimate of drug-likeness (QED) is 0.589. The van der Waals surface area contributed by atoms with E-state index in [4.69, 9.17) is 4.74 Å². The minimum absolute atomic E-state index is 0.334. The lowest BCUT2D eigenvalue weighted by Crippen LogP contribution is -2.48. The number of fused-ring (bicyclic) bond motifs is 1. The van der Waals surface area contributed by atoms with E-state index < -0.39 is 10.0 Å². The number of ether oxygens (including phenoxy) is 1. The average Bonchev–Trinajstić information content (AvgIpc) is 2.78. The molecule has 7 heteroatoms. The standard InChI is InChI=1S/C23H24N2O4S/c1-29-23(26)21-8-4-5-18(15-21)17-24-11-13-25(14-12-24)30(27,28)22-10-9-19-6-2-3-7-20(19)16-22/h2-10,15-16H,11-14,17H2,1H3. The van der Waals surface area contributed by atoms with Crippen molar-refractivity contribution in [3.8, 4) is 0 Å². The van der Waals surface area contributed by atoms with Crippen LogP contribution in [0.3, 0.4) is 0 Å². The van der Waals surface area contributed by atoms with Crippen molar-refractivity contribution in [1.82, 2.24) is 9.21 Å². The molecule has 3 aromatic rings. The van der Waals surface area contributed by atoms with Crippen molar-refractivity contribution < 1.29 is 17.9 Å². The van der Waals surface area contributed by atoms with Crippen molar-refractivity contribution in [2.45, 2.75) is 11.4 Å². The number of sulfonamides is 1. The summed E-state index contributed by atoms with van der Waals surface area (Å²) in [6, 6.07) is 20.4. The lowest BCUT2D eigenvalue weighted by Gasteiger charge is -2.34. The number of carbonyl (C=O) groups excluding carboxylic acids is 1. The van der Waals surface area contributed by atoms with E-state index in [9.17, 15) is 13.2 Å². The molecule has 0 aliphatic carbocycles. The molecule has 3 aromatic carbocycles. The average molecular weight is 425 g/mol. The first-order chi connectivity index (χ1) is 14.5. The number of benzene rings is 3. The van der Waals surface area contributed by atoms with Crippen molar-refractivity contribution in [3.05, 3.63) is 77.9 Å². The highest BCUT2D eigenvalue weighted by Crippen LogP contribution is 2.23. The molecule has 0 spiro atoms. The Morgan fingerprint density at radius 2 is 1.63 bits per heavy atom. The number of methoxy groups -OCH3 is 1. The van der Waals surface area contributed by atoms with Gasteiger partial charge in [-0.15, -0.1) is 0 Å². The molecular weight excluding hydrogens is 400 g/mol. The number of rotatable bonds is 5. The van der Waals surface area contributed by atoms with E-state index in [1.165, 1.54) is 7.11 Å². The van der Waals surface area contributed by atoms with Crippen LogP contribution in [0.4, 0.5) is 0 Å². The molecule has 1 fully saturated rings. The predicted octanol–water partition coefficient (Wildman–Crippen LogP) is 3.13. The van der Waals surface area contributed by atoms with Gasteiger partial charge in [0.15, 0.2) is 0 Å². The smallest absolute Gasteiger partial charge is 0.337 e. The largest absolute Gasteiger partial charge is 0.465 e. The number of esters is 1. The van der Waals surface area contributed by atoms with Crippen molar-refractivity contribution in [2.75, 3.05) is 33.3 Å². The minimum atomic E-state index is -3.53. The van der Waals surface area contributed by atoms with Gasteiger partial charge in [-0.3, -0.25) is 4.90 Å². The summed E-state index contributed by atoms with van der Waals surface area (Å²) in [7, 11) is -2.16. The van der Waals surface area contributed by atoms with E-state index in [1.807, 2.05) is 48.5 Å². The van der Waals surface area contributed by atoms with Crippen molar-refractivity contribution in [1.29, 1.82) is 0 Å². The Morgan fingerprint density at radius 3 is 2.37 bits per heavy atom. The molecule has 1 saturated heterocycles. The van der Waals surface area contributed by atoms with Gasteiger partial charge in [0.2, 0.25) is 10.0 Å². The highest BCUT2D eigenvalue weighted by molar-refractivity contribution is 7.89. The van der Waals surface area contributed by atoms with Crippen molar-refractivity contribution in [3.63, 3.8) is 0 Å². The number of hydrogen-bond acceptors (Lipinski definition) is 5. The fourth-order valence-corrected chi connectivity index (χ4v) is 5.24. The Kier molecular flexibility index (Phi) is 5.85. The first kappa shape index (κ1) is 20.5. The molecule has 30 heavy (non-hydrogen) atoms. The fraction of sp³-hybridized carbons (Fsp3) is 0.261. The molecule has 4 rings (SSSR count). The Labute approximate surface area is 176 Å². The van der Waals surface area contributed by atoms with Crippen LogP contribution in [0.5, 0.6) is 0 Å². The Balaban J connectivity index is 1.43. The summed E-state index contributed by atoms with van der Waals surface area (Å²) in [5.74, 6) is -0.358. The summed E-state index contributed by atoms with van der Waals surface area (Å²) in [6.45, 7) is 2.80. The molecule has 0 unspecified atom stereocenters. The van der Waals surface area contributed by atoms with Gasteiger partial charge < -0.3 is 4.74 Å². The fourth-order valence-electron chi connectivity index (χ4n) is 3.78. The van der Waals surface area contributed by atoms with Gasteiger partial charge in [-0.05, 0) is 40.6 Å². The number of hydrogen-bond donors (Lipinski definition) is 0. The Bertz CT molecular complexity index is 1170. The molecule has 1 aliphatic heterocycles. The van der Waals surface area contributed by atoms with Gasteiger partial charge >= 0.3 is 5.97 Å². The molecule has 0 amide bonds. The molecule has 0 radical (unpaired) electrons. The molecular formula is C23H24N2O4S. The van der Waals surface area contributed by atoms with E-state index in [2.05, 4.69) is 4.90 Å². The molecule has 6 nitrogen and oxygen atoms in total. The summed E-state index contributed by atoms with van der Waals surface area (Å²) < 4.78 is 32.5. The minimum Gasteiger partial charge on any atom is -0.465 e. The van der Waals surface area contributed by atoms with E-state index >= 15 is 0 Å². The van der Waals surface area contributed by atoms with Crippen LogP contribution in [0, 0.1) is 0 Å². The topological polar surface area (TPSA) is 66.9 Å². The second kappa shape index (κ2) is 8.55. The maximum absolute atomic E-state index is 13.1. The zero-order valence-electron chi connectivity index (χ0n) is 16.8. The summed E-state index contributed by atoms with van der Waals surface area (Å²) in [4.78, 5) is 14.2. The monoisotopic (exact) mass is 424 g/mol. The third kappa shape index (κ3) is 4.23. The molecule has 156 valence electrons. The number of nitrogens with zero attached hydrogens (tertiary/aromatic N) is 2. The van der Waals surface area contributed by atoms with Gasteiger partial charge in [0.1, 0.15) is 0 Å².